The van der Waals surface area contributed by atoms with Gasteiger partial charge in [-0.2, -0.15) is 12.7 Å². The fourth-order valence-corrected chi connectivity index (χ4v) is 3.94. The van der Waals surface area contributed by atoms with Gasteiger partial charge in [0, 0.05) is 20.6 Å². The molecule has 0 saturated carbocycles. The van der Waals surface area contributed by atoms with Crippen molar-refractivity contribution in [3.63, 3.8) is 0 Å². The van der Waals surface area contributed by atoms with Gasteiger partial charge in [-0.3, -0.25) is 4.79 Å². The zero-order valence-electron chi connectivity index (χ0n) is 15.3. The van der Waals surface area contributed by atoms with E-state index in [4.69, 9.17) is 0 Å². The van der Waals surface area contributed by atoms with Gasteiger partial charge in [0.25, 0.3) is 0 Å². The highest BCUT2D eigenvalue weighted by Gasteiger charge is 2.29. The van der Waals surface area contributed by atoms with Crippen LogP contribution >= 0.6 is 0 Å². The molecule has 0 radical (unpaired) electrons. The number of para-hydroxylation sites is 1. The molecule has 1 amide bonds. The summed E-state index contributed by atoms with van der Waals surface area (Å²) in [5.74, 6) is -1.15. The number of halogens is 1. The Kier molecular flexibility index (Phi) is 7.36. The molecular formula is C17H27FN4O3S. The van der Waals surface area contributed by atoms with Crippen LogP contribution in [0.5, 0.6) is 0 Å². The minimum absolute atomic E-state index is 0.145. The maximum absolute atomic E-state index is 14.1. The van der Waals surface area contributed by atoms with Crippen LogP contribution in [0.2, 0.25) is 0 Å². The Bertz CT molecular complexity index is 706. The van der Waals surface area contributed by atoms with Gasteiger partial charge in [0.1, 0.15) is 12.4 Å². The van der Waals surface area contributed by atoms with Crippen LogP contribution in [-0.4, -0.2) is 70.3 Å². The molecule has 1 aliphatic rings. The predicted octanol–water partition coefficient (Wildman–Crippen LogP) is 1.04. The van der Waals surface area contributed by atoms with E-state index in [1.165, 1.54) is 51.2 Å². The summed E-state index contributed by atoms with van der Waals surface area (Å²) in [5.41, 5.74) is -0.145. The van der Waals surface area contributed by atoms with Gasteiger partial charge in [-0.1, -0.05) is 12.1 Å². The molecule has 9 heteroatoms. The third kappa shape index (κ3) is 5.39. The first kappa shape index (κ1) is 20.6. The van der Waals surface area contributed by atoms with Crippen molar-refractivity contribution in [1.82, 2.24) is 14.5 Å². The van der Waals surface area contributed by atoms with Gasteiger partial charge >= 0.3 is 10.2 Å². The summed E-state index contributed by atoms with van der Waals surface area (Å²) in [5, 5.41) is 2.72. The van der Waals surface area contributed by atoms with Crippen molar-refractivity contribution in [1.29, 1.82) is 0 Å². The Balaban J connectivity index is 1.97. The average molecular weight is 386 g/mol. The molecule has 26 heavy (non-hydrogen) atoms. The fraction of sp³-hybridized carbons (Fsp3) is 0.588. The predicted molar refractivity (Wildman–Crippen MR) is 99.7 cm³/mol. The summed E-state index contributed by atoms with van der Waals surface area (Å²) in [6.45, 7) is 3.09. The summed E-state index contributed by atoms with van der Waals surface area (Å²) in [7, 11) is -1.31. The summed E-state index contributed by atoms with van der Waals surface area (Å²) in [4.78, 5) is 14.6. The van der Waals surface area contributed by atoms with Crippen molar-refractivity contribution >= 4 is 21.8 Å². The molecule has 1 N–H and O–H groups in total. The lowest BCUT2D eigenvalue weighted by atomic mass is 10.3. The van der Waals surface area contributed by atoms with Crippen LogP contribution in [0, 0.1) is 5.82 Å². The second-order valence-electron chi connectivity index (χ2n) is 6.50. The van der Waals surface area contributed by atoms with Gasteiger partial charge in [0.15, 0.2) is 0 Å². The van der Waals surface area contributed by atoms with Gasteiger partial charge < -0.3 is 10.2 Å². The Morgan fingerprint density at radius 3 is 2.50 bits per heavy atom. The van der Waals surface area contributed by atoms with Crippen LogP contribution in [-0.2, 0) is 15.0 Å². The van der Waals surface area contributed by atoms with Crippen LogP contribution < -0.4 is 9.62 Å². The van der Waals surface area contributed by atoms with Crippen molar-refractivity contribution in [2.45, 2.75) is 19.3 Å². The zero-order chi connectivity index (χ0) is 19.2. The topological polar surface area (TPSA) is 73.0 Å². The smallest absolute Gasteiger partial charge is 0.304 e. The highest BCUT2D eigenvalue weighted by Crippen LogP contribution is 2.22. The molecule has 2 rings (SSSR count). The van der Waals surface area contributed by atoms with E-state index in [0.717, 1.165) is 34.7 Å². The molecule has 1 aliphatic heterocycles. The average Bonchev–Trinajstić information content (AvgIpc) is 3.10. The number of nitrogens with one attached hydrogen (secondary N) is 1. The van der Waals surface area contributed by atoms with Gasteiger partial charge in [-0.25, -0.2) is 8.70 Å². The number of anilines is 1. The number of nitrogens with zero attached hydrogens (tertiary/aromatic N) is 3. The largest absolute Gasteiger partial charge is 0.354 e. The molecular weight excluding hydrogens is 359 g/mol. The SMILES string of the molecule is CN(C)S(=O)(=O)N(CC(=O)NCCCN1CCCC1)c1ccccc1F. The molecule has 146 valence electrons. The van der Waals surface area contributed by atoms with Crippen molar-refractivity contribution < 1.29 is 17.6 Å². The molecule has 0 unspecified atom stereocenters. The second-order valence-corrected chi connectivity index (χ2v) is 8.57. The second kappa shape index (κ2) is 9.29. The summed E-state index contributed by atoms with van der Waals surface area (Å²) >= 11 is 0. The molecule has 1 saturated heterocycles. The molecule has 1 aromatic rings. The van der Waals surface area contributed by atoms with Crippen molar-refractivity contribution in [3.05, 3.63) is 30.1 Å². The van der Waals surface area contributed by atoms with E-state index in [1.807, 2.05) is 0 Å². The summed E-state index contributed by atoms with van der Waals surface area (Å²) in [6.07, 6.45) is 3.23. The number of hydrogen-bond acceptors (Lipinski definition) is 4. The number of likely N-dealkylation sites (tertiary alicyclic amines) is 1. The minimum Gasteiger partial charge on any atom is -0.354 e. The standard InChI is InChI=1S/C17H27FN4O3S/c1-20(2)26(24,25)22(16-9-4-3-8-15(16)18)14-17(23)19-10-7-13-21-11-5-6-12-21/h3-4,8-9H,5-7,10-14H2,1-2H3,(H,19,23). The first-order valence-electron chi connectivity index (χ1n) is 8.76. The first-order valence-corrected chi connectivity index (χ1v) is 10.2. The van der Waals surface area contributed by atoms with Crippen molar-refractivity contribution in [2.24, 2.45) is 0 Å². The molecule has 7 nitrogen and oxygen atoms in total. The molecule has 1 heterocycles. The maximum atomic E-state index is 14.1. The van der Waals surface area contributed by atoms with Crippen molar-refractivity contribution in [2.75, 3.05) is 51.1 Å². The van der Waals surface area contributed by atoms with E-state index in [1.54, 1.807) is 0 Å². The lowest BCUT2D eigenvalue weighted by Gasteiger charge is -2.27. The van der Waals surface area contributed by atoms with Crippen molar-refractivity contribution in [3.8, 4) is 0 Å². The Morgan fingerprint density at radius 1 is 1.23 bits per heavy atom. The molecule has 1 fully saturated rings. The number of amides is 1. The van der Waals surface area contributed by atoms with Gasteiger partial charge in [0.05, 0.1) is 5.69 Å². The van der Waals surface area contributed by atoms with Crippen LogP contribution in [0.3, 0.4) is 0 Å². The molecule has 0 bridgehead atoms. The van der Waals surface area contributed by atoms with Gasteiger partial charge in [-0.15, -0.1) is 0 Å². The quantitative estimate of drug-likeness (QED) is 0.644. The van der Waals surface area contributed by atoms with Gasteiger partial charge in [-0.05, 0) is 51.0 Å². The number of hydrogen-bond donors (Lipinski definition) is 1. The third-order valence-electron chi connectivity index (χ3n) is 4.32. The highest BCUT2D eigenvalue weighted by molar-refractivity contribution is 7.90. The Labute approximate surface area is 154 Å². The Hall–Kier alpha value is -1.71. The van der Waals surface area contributed by atoms with E-state index in [2.05, 4.69) is 10.2 Å². The summed E-state index contributed by atoms with van der Waals surface area (Å²) in [6, 6.07) is 5.51. The molecule has 0 spiro atoms. The van der Waals surface area contributed by atoms with E-state index < -0.39 is 28.5 Å². The van der Waals surface area contributed by atoms with E-state index in [-0.39, 0.29) is 5.69 Å². The van der Waals surface area contributed by atoms with Crippen LogP contribution in [0.15, 0.2) is 24.3 Å². The van der Waals surface area contributed by atoms with E-state index in [0.29, 0.717) is 6.54 Å². The zero-order valence-corrected chi connectivity index (χ0v) is 16.1. The van der Waals surface area contributed by atoms with E-state index >= 15 is 0 Å². The van der Waals surface area contributed by atoms with Crippen LogP contribution in [0.25, 0.3) is 0 Å². The lowest BCUT2D eigenvalue weighted by molar-refractivity contribution is -0.119. The van der Waals surface area contributed by atoms with Crippen LogP contribution in [0.4, 0.5) is 10.1 Å². The number of carbonyl (C=O) groups is 1. The maximum Gasteiger partial charge on any atom is 0.304 e. The molecule has 0 aliphatic carbocycles. The molecule has 1 aromatic carbocycles. The number of rotatable bonds is 9. The monoisotopic (exact) mass is 386 g/mol. The summed E-state index contributed by atoms with van der Waals surface area (Å²) < 4.78 is 40.9. The van der Waals surface area contributed by atoms with E-state index in [9.17, 15) is 17.6 Å². The number of carbonyl (C=O) groups excluding carboxylic acids is 1. The Morgan fingerprint density at radius 2 is 1.88 bits per heavy atom. The lowest BCUT2D eigenvalue weighted by Crippen LogP contribution is -2.46. The first-order chi connectivity index (χ1) is 12.3. The van der Waals surface area contributed by atoms with Crippen LogP contribution in [0.1, 0.15) is 19.3 Å². The molecule has 0 atom stereocenters. The highest BCUT2D eigenvalue weighted by atomic mass is 32.2. The minimum atomic E-state index is -4.00. The normalized spacial score (nSPS) is 15.4. The number of benzene rings is 1. The molecule has 0 aromatic heterocycles. The fourth-order valence-electron chi connectivity index (χ4n) is 2.87. The third-order valence-corrected chi connectivity index (χ3v) is 6.13. The van der Waals surface area contributed by atoms with Gasteiger partial charge in [0.2, 0.25) is 5.91 Å².